The monoisotopic (exact) mass is 234 g/mol. The van der Waals surface area contributed by atoms with Gasteiger partial charge in [-0.05, 0) is 31.7 Å². The molecular formula is C15H26N2. The van der Waals surface area contributed by atoms with Gasteiger partial charge in [-0.25, -0.2) is 0 Å². The molecule has 2 nitrogen and oxygen atoms in total. The third-order valence-corrected chi connectivity index (χ3v) is 3.29. The Bertz CT molecular complexity index is 292. The molecule has 1 aromatic carbocycles. The van der Waals surface area contributed by atoms with Gasteiger partial charge in [0.15, 0.2) is 0 Å². The fourth-order valence-electron chi connectivity index (χ4n) is 2.05. The van der Waals surface area contributed by atoms with E-state index in [9.17, 15) is 0 Å². The maximum absolute atomic E-state index is 5.59. The third-order valence-electron chi connectivity index (χ3n) is 3.29. The first-order valence-corrected chi connectivity index (χ1v) is 6.78. The third kappa shape index (κ3) is 5.85. The molecular weight excluding hydrogens is 208 g/mol. The van der Waals surface area contributed by atoms with Crippen LogP contribution in [0.2, 0.25) is 0 Å². The van der Waals surface area contributed by atoms with Gasteiger partial charge in [0.2, 0.25) is 0 Å². The molecule has 3 N–H and O–H groups in total. The zero-order valence-electron chi connectivity index (χ0n) is 11.2. The molecule has 1 unspecified atom stereocenters. The highest BCUT2D eigenvalue weighted by molar-refractivity contribution is 5.21. The van der Waals surface area contributed by atoms with Crippen molar-refractivity contribution in [1.29, 1.82) is 0 Å². The first-order valence-electron chi connectivity index (χ1n) is 6.78. The summed E-state index contributed by atoms with van der Waals surface area (Å²) in [5, 5.41) is 0. The zero-order valence-corrected chi connectivity index (χ0v) is 11.2. The van der Waals surface area contributed by atoms with Crippen LogP contribution in [-0.4, -0.2) is 6.04 Å². The fourth-order valence-corrected chi connectivity index (χ4v) is 2.05. The van der Waals surface area contributed by atoms with Gasteiger partial charge >= 0.3 is 0 Å². The molecule has 96 valence electrons. The summed E-state index contributed by atoms with van der Waals surface area (Å²) in [5.74, 6) is 5.59. The summed E-state index contributed by atoms with van der Waals surface area (Å²) >= 11 is 0. The van der Waals surface area contributed by atoms with Crippen LogP contribution in [0.4, 0.5) is 0 Å². The minimum absolute atomic E-state index is 0.461. The van der Waals surface area contributed by atoms with Gasteiger partial charge in [0.1, 0.15) is 0 Å². The summed E-state index contributed by atoms with van der Waals surface area (Å²) in [4.78, 5) is 0. The number of nitrogens with one attached hydrogen (secondary N) is 1. The zero-order chi connectivity index (χ0) is 12.5. The minimum atomic E-state index is 0.461. The number of hydrogen-bond acceptors (Lipinski definition) is 2. The van der Waals surface area contributed by atoms with Crippen LogP contribution in [0.1, 0.15) is 50.2 Å². The number of rotatable bonds is 8. The summed E-state index contributed by atoms with van der Waals surface area (Å²) in [6.07, 6.45) is 7.29. The molecule has 0 heterocycles. The van der Waals surface area contributed by atoms with Crippen molar-refractivity contribution in [3.63, 3.8) is 0 Å². The van der Waals surface area contributed by atoms with Crippen LogP contribution in [0, 0.1) is 6.92 Å². The largest absolute Gasteiger partial charge is 0.271 e. The normalized spacial score (nSPS) is 12.6. The standard InChI is InChI=1S/C15H26N2/c1-3-4-5-6-15(17-16)12-11-14-9-7-13(2)8-10-14/h7-10,15,17H,3-6,11-12,16H2,1-2H3. The Morgan fingerprint density at radius 1 is 1.12 bits per heavy atom. The van der Waals surface area contributed by atoms with Crippen molar-refractivity contribution >= 4 is 0 Å². The van der Waals surface area contributed by atoms with E-state index in [1.165, 1.54) is 36.8 Å². The Labute approximate surface area is 106 Å². The summed E-state index contributed by atoms with van der Waals surface area (Å²) in [6, 6.07) is 9.25. The average Bonchev–Trinajstić information content (AvgIpc) is 2.35. The number of hydrazine groups is 1. The van der Waals surface area contributed by atoms with Crippen LogP contribution in [0.25, 0.3) is 0 Å². The van der Waals surface area contributed by atoms with E-state index in [0.29, 0.717) is 6.04 Å². The van der Waals surface area contributed by atoms with E-state index in [4.69, 9.17) is 5.84 Å². The molecule has 0 aliphatic carbocycles. The lowest BCUT2D eigenvalue weighted by atomic mass is 10.0. The van der Waals surface area contributed by atoms with Gasteiger partial charge in [0, 0.05) is 6.04 Å². The maximum atomic E-state index is 5.59. The molecule has 0 spiro atoms. The van der Waals surface area contributed by atoms with E-state index in [-0.39, 0.29) is 0 Å². The van der Waals surface area contributed by atoms with Crippen molar-refractivity contribution in [2.45, 2.75) is 58.4 Å². The molecule has 0 aromatic heterocycles. The Kier molecular flexibility index (Phi) is 6.90. The molecule has 0 saturated heterocycles. The molecule has 1 atom stereocenters. The molecule has 17 heavy (non-hydrogen) atoms. The Morgan fingerprint density at radius 3 is 2.41 bits per heavy atom. The lowest BCUT2D eigenvalue weighted by molar-refractivity contribution is 0.444. The van der Waals surface area contributed by atoms with Gasteiger partial charge in [-0.1, -0.05) is 56.0 Å². The van der Waals surface area contributed by atoms with Crippen LogP contribution in [-0.2, 0) is 6.42 Å². The number of benzene rings is 1. The van der Waals surface area contributed by atoms with Gasteiger partial charge < -0.3 is 0 Å². The van der Waals surface area contributed by atoms with Crippen LogP contribution >= 0.6 is 0 Å². The topological polar surface area (TPSA) is 38.0 Å². The van der Waals surface area contributed by atoms with E-state index in [2.05, 4.69) is 43.5 Å². The van der Waals surface area contributed by atoms with E-state index in [0.717, 1.165) is 12.8 Å². The van der Waals surface area contributed by atoms with Crippen molar-refractivity contribution in [2.24, 2.45) is 5.84 Å². The van der Waals surface area contributed by atoms with Crippen LogP contribution in [0.5, 0.6) is 0 Å². The Hall–Kier alpha value is -0.860. The fraction of sp³-hybridized carbons (Fsp3) is 0.600. The van der Waals surface area contributed by atoms with Crippen LogP contribution in [0.3, 0.4) is 0 Å². The molecule has 0 bridgehead atoms. The summed E-state index contributed by atoms with van der Waals surface area (Å²) < 4.78 is 0. The second-order valence-corrected chi connectivity index (χ2v) is 4.88. The predicted octanol–water partition coefficient (Wildman–Crippen LogP) is 3.34. The van der Waals surface area contributed by atoms with Crippen molar-refractivity contribution in [1.82, 2.24) is 5.43 Å². The van der Waals surface area contributed by atoms with Crippen molar-refractivity contribution in [3.8, 4) is 0 Å². The van der Waals surface area contributed by atoms with Gasteiger partial charge in [0.05, 0.1) is 0 Å². The second-order valence-electron chi connectivity index (χ2n) is 4.88. The molecule has 2 heteroatoms. The molecule has 0 fully saturated rings. The Balaban J connectivity index is 2.29. The van der Waals surface area contributed by atoms with Crippen molar-refractivity contribution in [3.05, 3.63) is 35.4 Å². The van der Waals surface area contributed by atoms with Gasteiger partial charge in [-0.2, -0.15) is 0 Å². The van der Waals surface area contributed by atoms with Crippen molar-refractivity contribution < 1.29 is 0 Å². The summed E-state index contributed by atoms with van der Waals surface area (Å²) in [7, 11) is 0. The van der Waals surface area contributed by atoms with Crippen molar-refractivity contribution in [2.75, 3.05) is 0 Å². The molecule has 0 aliphatic rings. The van der Waals surface area contributed by atoms with Gasteiger partial charge in [0.25, 0.3) is 0 Å². The highest BCUT2D eigenvalue weighted by atomic mass is 15.2. The van der Waals surface area contributed by atoms with E-state index >= 15 is 0 Å². The van der Waals surface area contributed by atoms with E-state index in [1.807, 2.05) is 0 Å². The van der Waals surface area contributed by atoms with Gasteiger partial charge in [-0.3, -0.25) is 11.3 Å². The molecule has 1 rings (SSSR count). The summed E-state index contributed by atoms with van der Waals surface area (Å²) in [6.45, 7) is 4.36. The highest BCUT2D eigenvalue weighted by Gasteiger charge is 2.06. The minimum Gasteiger partial charge on any atom is -0.271 e. The Morgan fingerprint density at radius 2 is 1.82 bits per heavy atom. The number of hydrogen-bond donors (Lipinski definition) is 2. The molecule has 0 aliphatic heterocycles. The first-order chi connectivity index (χ1) is 8.26. The van der Waals surface area contributed by atoms with E-state index in [1.54, 1.807) is 0 Å². The summed E-state index contributed by atoms with van der Waals surface area (Å²) in [5.41, 5.74) is 5.68. The number of unbranched alkanes of at least 4 members (excludes halogenated alkanes) is 2. The molecule has 1 aromatic rings. The van der Waals surface area contributed by atoms with Crippen LogP contribution < -0.4 is 11.3 Å². The SMILES string of the molecule is CCCCCC(CCc1ccc(C)cc1)NN. The molecule has 0 radical (unpaired) electrons. The maximum Gasteiger partial charge on any atom is 0.0213 e. The molecule has 0 saturated carbocycles. The lowest BCUT2D eigenvalue weighted by Gasteiger charge is -2.15. The smallest absolute Gasteiger partial charge is 0.0213 e. The first kappa shape index (κ1) is 14.2. The highest BCUT2D eigenvalue weighted by Crippen LogP contribution is 2.11. The average molecular weight is 234 g/mol. The van der Waals surface area contributed by atoms with Crippen LogP contribution in [0.15, 0.2) is 24.3 Å². The predicted molar refractivity (Wildman–Crippen MR) is 74.8 cm³/mol. The van der Waals surface area contributed by atoms with E-state index < -0.39 is 0 Å². The lowest BCUT2D eigenvalue weighted by Crippen LogP contribution is -2.35. The second kappa shape index (κ2) is 8.26. The number of nitrogens with two attached hydrogens (primary N) is 1. The number of aryl methyl sites for hydroxylation is 2. The van der Waals surface area contributed by atoms with Gasteiger partial charge in [-0.15, -0.1) is 0 Å². The molecule has 0 amide bonds. The quantitative estimate of drug-likeness (QED) is 0.411.